The second kappa shape index (κ2) is 7.69. The van der Waals surface area contributed by atoms with E-state index in [0.29, 0.717) is 17.2 Å². The smallest absolute Gasteiger partial charge is 0.319 e. The third-order valence-electron chi connectivity index (χ3n) is 4.30. The normalized spacial score (nSPS) is 21.0. The number of carbonyl (C=O) groups excluding carboxylic acids is 2. The van der Waals surface area contributed by atoms with E-state index >= 15 is 0 Å². The molecule has 1 saturated carbocycles. The Bertz CT molecular complexity index is 593. The van der Waals surface area contributed by atoms with Crippen LogP contribution in [0.3, 0.4) is 0 Å². The van der Waals surface area contributed by atoms with Gasteiger partial charge in [-0.1, -0.05) is 25.8 Å². The van der Waals surface area contributed by atoms with Crippen molar-refractivity contribution in [2.75, 3.05) is 5.32 Å². The molecule has 2 rings (SSSR count). The first-order valence-electron chi connectivity index (χ1n) is 8.75. The fourth-order valence-electron chi connectivity index (χ4n) is 3.02. The summed E-state index contributed by atoms with van der Waals surface area (Å²) in [5.74, 6) is 0.362. The highest BCUT2D eigenvalue weighted by molar-refractivity contribution is 5.97. The summed E-state index contributed by atoms with van der Waals surface area (Å²) in [6, 6.07) is 7.03. The Balaban J connectivity index is 1.96. The van der Waals surface area contributed by atoms with Gasteiger partial charge in [-0.3, -0.25) is 4.79 Å². The first kappa shape index (κ1) is 18.3. The molecule has 1 aromatic carbocycles. The minimum absolute atomic E-state index is 0.146. The minimum Gasteiger partial charge on any atom is -0.347 e. The molecule has 5 nitrogen and oxygen atoms in total. The lowest BCUT2D eigenvalue weighted by Gasteiger charge is -2.29. The molecular formula is C19H29N3O2. The molecule has 0 bridgehead atoms. The lowest BCUT2D eigenvalue weighted by Crippen LogP contribution is -2.43. The van der Waals surface area contributed by atoms with E-state index in [1.807, 2.05) is 20.8 Å². The zero-order chi connectivity index (χ0) is 17.7. The Hall–Kier alpha value is -2.04. The molecule has 1 aliphatic rings. The van der Waals surface area contributed by atoms with Crippen molar-refractivity contribution in [2.24, 2.45) is 5.92 Å². The van der Waals surface area contributed by atoms with E-state index in [2.05, 4.69) is 22.9 Å². The largest absolute Gasteiger partial charge is 0.347 e. The summed E-state index contributed by atoms with van der Waals surface area (Å²) < 4.78 is 0. The maximum absolute atomic E-state index is 12.2. The van der Waals surface area contributed by atoms with Crippen molar-refractivity contribution < 1.29 is 9.59 Å². The Morgan fingerprint density at radius 3 is 2.50 bits per heavy atom. The van der Waals surface area contributed by atoms with E-state index in [4.69, 9.17) is 0 Å². The van der Waals surface area contributed by atoms with Crippen LogP contribution >= 0.6 is 0 Å². The lowest BCUT2D eigenvalue weighted by atomic mass is 9.86. The molecule has 0 radical (unpaired) electrons. The highest BCUT2D eigenvalue weighted by Gasteiger charge is 2.23. The SMILES string of the molecule is CC1CCCCC1NC(=O)Nc1cccc(C(=O)NC(C)(C)C)c1. The predicted molar refractivity (Wildman–Crippen MR) is 97.2 cm³/mol. The van der Waals surface area contributed by atoms with Crippen molar-refractivity contribution in [1.82, 2.24) is 10.6 Å². The van der Waals surface area contributed by atoms with Crippen molar-refractivity contribution in [2.45, 2.75) is 65.0 Å². The topological polar surface area (TPSA) is 70.2 Å². The van der Waals surface area contributed by atoms with Gasteiger partial charge >= 0.3 is 6.03 Å². The third-order valence-corrected chi connectivity index (χ3v) is 4.30. The quantitative estimate of drug-likeness (QED) is 0.786. The number of amides is 3. The molecule has 1 aliphatic carbocycles. The summed E-state index contributed by atoms with van der Waals surface area (Å²) in [6.07, 6.45) is 4.60. The molecule has 132 valence electrons. The Morgan fingerprint density at radius 1 is 1.12 bits per heavy atom. The van der Waals surface area contributed by atoms with Crippen LogP contribution < -0.4 is 16.0 Å². The summed E-state index contributed by atoms with van der Waals surface area (Å²) in [5.41, 5.74) is 0.862. The molecule has 1 fully saturated rings. The van der Waals surface area contributed by atoms with Gasteiger partial charge in [-0.2, -0.15) is 0 Å². The van der Waals surface area contributed by atoms with Crippen LogP contribution in [0.2, 0.25) is 0 Å². The van der Waals surface area contributed by atoms with Gasteiger partial charge in [0.25, 0.3) is 5.91 Å². The van der Waals surface area contributed by atoms with Crippen LogP contribution in [0.1, 0.15) is 63.7 Å². The van der Waals surface area contributed by atoms with Gasteiger partial charge in [0, 0.05) is 22.8 Å². The highest BCUT2D eigenvalue weighted by Crippen LogP contribution is 2.23. The maximum Gasteiger partial charge on any atom is 0.319 e. The van der Waals surface area contributed by atoms with Crippen molar-refractivity contribution in [3.63, 3.8) is 0 Å². The monoisotopic (exact) mass is 331 g/mol. The van der Waals surface area contributed by atoms with E-state index in [0.717, 1.165) is 19.3 Å². The van der Waals surface area contributed by atoms with Crippen molar-refractivity contribution in [3.8, 4) is 0 Å². The van der Waals surface area contributed by atoms with E-state index in [1.54, 1.807) is 24.3 Å². The fourth-order valence-corrected chi connectivity index (χ4v) is 3.02. The Kier molecular flexibility index (Phi) is 5.86. The first-order valence-corrected chi connectivity index (χ1v) is 8.75. The Morgan fingerprint density at radius 2 is 1.83 bits per heavy atom. The number of rotatable bonds is 3. The summed E-state index contributed by atoms with van der Waals surface area (Å²) in [5, 5.41) is 8.81. The molecule has 0 aromatic heterocycles. The molecular weight excluding hydrogens is 302 g/mol. The highest BCUT2D eigenvalue weighted by atomic mass is 16.2. The van der Waals surface area contributed by atoms with Crippen molar-refractivity contribution >= 4 is 17.6 Å². The number of hydrogen-bond acceptors (Lipinski definition) is 2. The minimum atomic E-state index is -0.297. The van der Waals surface area contributed by atoms with Crippen molar-refractivity contribution in [1.29, 1.82) is 0 Å². The van der Waals surface area contributed by atoms with E-state index in [9.17, 15) is 9.59 Å². The molecule has 0 spiro atoms. The number of anilines is 1. The van der Waals surface area contributed by atoms with Gasteiger partial charge in [-0.25, -0.2) is 4.79 Å². The van der Waals surface area contributed by atoms with Gasteiger partial charge in [0.15, 0.2) is 0 Å². The molecule has 3 N–H and O–H groups in total. The van der Waals surface area contributed by atoms with Gasteiger partial charge in [0.2, 0.25) is 0 Å². The van der Waals surface area contributed by atoms with Crippen molar-refractivity contribution in [3.05, 3.63) is 29.8 Å². The van der Waals surface area contributed by atoms with E-state index < -0.39 is 0 Å². The number of urea groups is 1. The van der Waals surface area contributed by atoms with Gasteiger partial charge in [0.1, 0.15) is 0 Å². The zero-order valence-electron chi connectivity index (χ0n) is 15.1. The van der Waals surface area contributed by atoms with Gasteiger partial charge in [-0.15, -0.1) is 0 Å². The average Bonchev–Trinajstić information content (AvgIpc) is 2.48. The lowest BCUT2D eigenvalue weighted by molar-refractivity contribution is 0.0919. The van der Waals surface area contributed by atoms with E-state index in [1.165, 1.54) is 6.42 Å². The third kappa shape index (κ3) is 5.55. The average molecular weight is 331 g/mol. The van der Waals surface area contributed by atoms with Gasteiger partial charge < -0.3 is 16.0 Å². The number of benzene rings is 1. The van der Waals surface area contributed by atoms with Crippen LogP contribution in [0.5, 0.6) is 0 Å². The van der Waals surface area contributed by atoms with Crippen LogP contribution in [-0.4, -0.2) is 23.5 Å². The molecule has 0 heterocycles. The second-order valence-electron chi connectivity index (χ2n) is 7.75. The summed E-state index contributed by atoms with van der Waals surface area (Å²) in [7, 11) is 0. The first-order chi connectivity index (χ1) is 11.2. The molecule has 24 heavy (non-hydrogen) atoms. The summed E-state index contributed by atoms with van der Waals surface area (Å²) in [4.78, 5) is 24.4. The van der Waals surface area contributed by atoms with Crippen LogP contribution in [0.25, 0.3) is 0 Å². The molecule has 1 aromatic rings. The molecule has 3 amide bonds. The number of carbonyl (C=O) groups is 2. The molecule has 2 unspecified atom stereocenters. The second-order valence-corrected chi connectivity index (χ2v) is 7.75. The maximum atomic E-state index is 12.2. The molecule has 0 aliphatic heterocycles. The van der Waals surface area contributed by atoms with Crippen LogP contribution in [-0.2, 0) is 0 Å². The van der Waals surface area contributed by atoms with Gasteiger partial charge in [-0.05, 0) is 57.7 Å². The predicted octanol–water partition coefficient (Wildman–Crippen LogP) is 3.92. The van der Waals surface area contributed by atoms with Gasteiger partial charge in [0.05, 0.1) is 0 Å². The number of hydrogen-bond donors (Lipinski definition) is 3. The molecule has 0 saturated heterocycles. The standard InChI is InChI=1S/C19H29N3O2/c1-13-8-5-6-11-16(13)21-18(24)20-15-10-7-9-14(12-15)17(23)22-19(2,3)4/h7,9-10,12-13,16H,5-6,8,11H2,1-4H3,(H,22,23)(H2,20,21,24). The molecule has 2 atom stereocenters. The summed E-state index contributed by atoms with van der Waals surface area (Å²) in [6.45, 7) is 7.99. The van der Waals surface area contributed by atoms with Crippen LogP contribution in [0.4, 0.5) is 10.5 Å². The fraction of sp³-hybridized carbons (Fsp3) is 0.579. The van der Waals surface area contributed by atoms with E-state index in [-0.39, 0.29) is 23.5 Å². The zero-order valence-corrected chi connectivity index (χ0v) is 15.1. The van der Waals surface area contributed by atoms with Crippen LogP contribution in [0, 0.1) is 5.92 Å². The summed E-state index contributed by atoms with van der Waals surface area (Å²) >= 11 is 0. The van der Waals surface area contributed by atoms with Crippen LogP contribution in [0.15, 0.2) is 24.3 Å². The Labute approximate surface area is 144 Å². The number of nitrogens with one attached hydrogen (secondary N) is 3. The molecule has 5 heteroatoms.